The molecule has 0 amide bonds. The fourth-order valence-corrected chi connectivity index (χ4v) is 2.53. The van der Waals surface area contributed by atoms with Crippen LogP contribution in [-0.2, 0) is 11.2 Å². The number of hydrogen-bond acceptors (Lipinski definition) is 1. The number of benzene rings is 1. The minimum Gasteiger partial charge on any atom is -0.381 e. The Morgan fingerprint density at radius 3 is 2.00 bits per heavy atom. The summed E-state index contributed by atoms with van der Waals surface area (Å²) < 4.78 is 5.57. The van der Waals surface area contributed by atoms with Crippen molar-refractivity contribution in [2.45, 2.75) is 77.6 Å². The smallest absolute Gasteiger partial charge is 0.0466 e. The first-order valence-electron chi connectivity index (χ1n) is 8.96. The van der Waals surface area contributed by atoms with E-state index in [0.29, 0.717) is 0 Å². The minimum absolute atomic E-state index is 0.954. The largest absolute Gasteiger partial charge is 0.381 e. The van der Waals surface area contributed by atoms with Crippen LogP contribution in [0.4, 0.5) is 0 Å². The lowest BCUT2D eigenvalue weighted by Gasteiger charge is -2.04. The molecule has 1 aromatic rings. The zero-order chi connectivity index (χ0) is 15.0. The Morgan fingerprint density at radius 2 is 1.33 bits per heavy atom. The second-order valence-corrected chi connectivity index (χ2v) is 5.95. The third-order valence-electron chi connectivity index (χ3n) is 3.93. The third-order valence-corrected chi connectivity index (χ3v) is 3.93. The molecule has 0 N–H and O–H groups in total. The third kappa shape index (κ3) is 11.5. The highest BCUT2D eigenvalue weighted by molar-refractivity contribution is 5.13. The number of hydrogen-bond donors (Lipinski definition) is 0. The van der Waals surface area contributed by atoms with Gasteiger partial charge in [0.15, 0.2) is 0 Å². The first kappa shape index (κ1) is 18.2. The molecule has 0 saturated heterocycles. The van der Waals surface area contributed by atoms with E-state index in [1.54, 1.807) is 0 Å². The van der Waals surface area contributed by atoms with Crippen molar-refractivity contribution in [2.24, 2.45) is 0 Å². The van der Waals surface area contributed by atoms with Gasteiger partial charge in [-0.3, -0.25) is 0 Å². The highest BCUT2D eigenvalue weighted by atomic mass is 16.5. The Labute approximate surface area is 132 Å². The van der Waals surface area contributed by atoms with Crippen LogP contribution in [-0.4, -0.2) is 13.2 Å². The summed E-state index contributed by atoms with van der Waals surface area (Å²) in [7, 11) is 0. The van der Waals surface area contributed by atoms with Gasteiger partial charge in [-0.05, 0) is 37.3 Å². The van der Waals surface area contributed by atoms with Crippen LogP contribution in [0, 0.1) is 6.07 Å². The minimum atomic E-state index is 0.954. The molecule has 0 aliphatic rings. The van der Waals surface area contributed by atoms with Crippen LogP contribution in [0.5, 0.6) is 0 Å². The highest BCUT2D eigenvalue weighted by Crippen LogP contribution is 2.11. The molecule has 1 nitrogen and oxygen atoms in total. The van der Waals surface area contributed by atoms with Crippen LogP contribution in [0.3, 0.4) is 0 Å². The van der Waals surface area contributed by atoms with E-state index in [1.807, 2.05) is 12.1 Å². The Balaban J connectivity index is 1.75. The molecule has 1 heteroatoms. The van der Waals surface area contributed by atoms with Gasteiger partial charge in [0.1, 0.15) is 0 Å². The molecule has 0 aliphatic heterocycles. The van der Waals surface area contributed by atoms with Crippen molar-refractivity contribution in [2.75, 3.05) is 13.2 Å². The van der Waals surface area contributed by atoms with Gasteiger partial charge in [0, 0.05) is 13.2 Å². The van der Waals surface area contributed by atoms with Gasteiger partial charge in [-0.2, -0.15) is 0 Å². The molecule has 1 rings (SSSR count). The predicted octanol–water partition coefficient (Wildman–Crippen LogP) is 5.97. The molecule has 0 atom stereocenters. The van der Waals surface area contributed by atoms with Crippen molar-refractivity contribution in [1.29, 1.82) is 0 Å². The van der Waals surface area contributed by atoms with Gasteiger partial charge >= 0.3 is 0 Å². The van der Waals surface area contributed by atoms with Gasteiger partial charge in [-0.15, -0.1) is 0 Å². The zero-order valence-corrected chi connectivity index (χ0v) is 13.9. The summed E-state index contributed by atoms with van der Waals surface area (Å²) in [5.41, 5.74) is 1.46. The maximum absolute atomic E-state index is 5.57. The van der Waals surface area contributed by atoms with Crippen LogP contribution in [0.25, 0.3) is 0 Å². The Bertz CT molecular complexity index is 307. The first-order chi connectivity index (χ1) is 10.4. The van der Waals surface area contributed by atoms with Gasteiger partial charge < -0.3 is 4.74 Å². The molecule has 1 aromatic carbocycles. The van der Waals surface area contributed by atoms with Gasteiger partial charge in [0.05, 0.1) is 0 Å². The summed E-state index contributed by atoms with van der Waals surface area (Å²) in [6, 6.07) is 11.5. The molecule has 119 valence electrons. The molecule has 1 radical (unpaired) electrons. The SMILES string of the molecule is CCCCOCCCCCCCCCCc1cc[c]cc1. The van der Waals surface area contributed by atoms with Crippen molar-refractivity contribution in [3.8, 4) is 0 Å². The lowest BCUT2D eigenvalue weighted by atomic mass is 10.0. The highest BCUT2D eigenvalue weighted by Gasteiger charge is 1.95. The first-order valence-corrected chi connectivity index (χ1v) is 8.96. The number of unbranched alkanes of at least 4 members (excludes halogenated alkanes) is 8. The van der Waals surface area contributed by atoms with E-state index in [2.05, 4.69) is 25.1 Å². The van der Waals surface area contributed by atoms with Crippen molar-refractivity contribution in [3.63, 3.8) is 0 Å². The molecular formula is C20H33O. The van der Waals surface area contributed by atoms with Crippen LogP contribution < -0.4 is 0 Å². The van der Waals surface area contributed by atoms with Gasteiger partial charge in [0.2, 0.25) is 0 Å². The standard InChI is InChI=1S/C20H33O/c1-2-3-18-21-19-14-9-7-5-4-6-8-11-15-20-16-12-10-13-17-20/h12-13,16-17H,2-9,11,14-15,18-19H2,1H3. The molecule has 0 fully saturated rings. The molecule has 21 heavy (non-hydrogen) atoms. The topological polar surface area (TPSA) is 9.23 Å². The molecule has 0 bridgehead atoms. The van der Waals surface area contributed by atoms with Crippen molar-refractivity contribution >= 4 is 0 Å². The van der Waals surface area contributed by atoms with Crippen LogP contribution in [0.2, 0.25) is 0 Å². The molecule has 0 aromatic heterocycles. The number of aryl methyl sites for hydroxylation is 1. The Hall–Kier alpha value is -0.820. The van der Waals surface area contributed by atoms with E-state index >= 15 is 0 Å². The lowest BCUT2D eigenvalue weighted by molar-refractivity contribution is 0.127. The molecule has 0 aliphatic carbocycles. The van der Waals surface area contributed by atoms with Gasteiger partial charge in [0.25, 0.3) is 0 Å². The van der Waals surface area contributed by atoms with Gasteiger partial charge in [-0.25, -0.2) is 0 Å². The lowest BCUT2D eigenvalue weighted by Crippen LogP contribution is -1.96. The van der Waals surface area contributed by atoms with E-state index in [4.69, 9.17) is 4.74 Å². The quantitative estimate of drug-likeness (QED) is 0.383. The van der Waals surface area contributed by atoms with E-state index in [-0.39, 0.29) is 0 Å². The molecule has 0 heterocycles. The Morgan fingerprint density at radius 1 is 0.762 bits per heavy atom. The van der Waals surface area contributed by atoms with E-state index < -0.39 is 0 Å². The number of ether oxygens (including phenoxy) is 1. The molecule has 0 saturated carbocycles. The second kappa shape index (κ2) is 14.1. The van der Waals surface area contributed by atoms with Crippen molar-refractivity contribution in [3.05, 3.63) is 35.9 Å². The summed E-state index contributed by atoms with van der Waals surface area (Å²) in [6.07, 6.45) is 14.5. The average Bonchev–Trinajstić information content (AvgIpc) is 2.53. The van der Waals surface area contributed by atoms with Crippen LogP contribution in [0.15, 0.2) is 24.3 Å². The maximum Gasteiger partial charge on any atom is 0.0466 e. The summed E-state index contributed by atoms with van der Waals surface area (Å²) in [6.45, 7) is 4.13. The summed E-state index contributed by atoms with van der Waals surface area (Å²) in [5.74, 6) is 0. The monoisotopic (exact) mass is 289 g/mol. The normalized spacial score (nSPS) is 10.9. The molecule has 0 unspecified atom stereocenters. The van der Waals surface area contributed by atoms with Gasteiger partial charge in [-0.1, -0.05) is 76.1 Å². The summed E-state index contributed by atoms with van der Waals surface area (Å²) in [5, 5.41) is 0. The predicted molar refractivity (Wildman–Crippen MR) is 91.6 cm³/mol. The average molecular weight is 289 g/mol. The van der Waals surface area contributed by atoms with E-state index in [0.717, 1.165) is 13.2 Å². The summed E-state index contributed by atoms with van der Waals surface area (Å²) >= 11 is 0. The van der Waals surface area contributed by atoms with Crippen LogP contribution in [0.1, 0.15) is 76.7 Å². The van der Waals surface area contributed by atoms with Crippen molar-refractivity contribution in [1.82, 2.24) is 0 Å². The van der Waals surface area contributed by atoms with Crippen molar-refractivity contribution < 1.29 is 4.74 Å². The Kier molecular flexibility index (Phi) is 12.3. The number of rotatable bonds is 14. The fraction of sp³-hybridized carbons (Fsp3) is 0.700. The van der Waals surface area contributed by atoms with Crippen LogP contribution >= 0.6 is 0 Å². The summed E-state index contributed by atoms with van der Waals surface area (Å²) in [4.78, 5) is 0. The molecule has 0 spiro atoms. The second-order valence-electron chi connectivity index (χ2n) is 5.95. The fourth-order valence-electron chi connectivity index (χ4n) is 2.53. The van der Waals surface area contributed by atoms with E-state index in [1.165, 1.54) is 76.2 Å². The maximum atomic E-state index is 5.57. The zero-order valence-electron chi connectivity index (χ0n) is 13.9. The molecular weight excluding hydrogens is 256 g/mol. The van der Waals surface area contributed by atoms with E-state index in [9.17, 15) is 0 Å².